The molecule has 0 radical (unpaired) electrons. The first-order valence-electron chi connectivity index (χ1n) is 4.72. The Morgan fingerprint density at radius 2 is 1.83 bits per heavy atom. The normalized spacial score (nSPS) is 13.5. The largest absolute Gasteiger partial charge is 0.495 e. The average Bonchev–Trinajstić information content (AvgIpc) is 2.23. The maximum absolute atomic E-state index is 11.7. The summed E-state index contributed by atoms with van der Waals surface area (Å²) in [6.45, 7) is 6.73. The predicted octanol–water partition coefficient (Wildman–Crippen LogP) is 2.92. The average molecular weight is 259 g/mol. The molecule has 0 aliphatic carbocycles. The van der Waals surface area contributed by atoms with E-state index in [1.54, 1.807) is 0 Å². The number of rotatable bonds is 5. The maximum atomic E-state index is 11.7. The smallest absolute Gasteiger partial charge is 0.409 e. The van der Waals surface area contributed by atoms with Crippen molar-refractivity contribution >= 4 is 5.91 Å². The number of alkyl halides is 3. The first-order chi connectivity index (χ1) is 8.30. The van der Waals surface area contributed by atoms with Crippen LogP contribution in [0.2, 0.25) is 0 Å². The second kappa shape index (κ2) is 7.16. The van der Waals surface area contributed by atoms with Crippen LogP contribution in [0.25, 0.3) is 0 Å². The lowest BCUT2D eigenvalue weighted by Gasteiger charge is -2.03. The molecule has 2 N–H and O–H groups in total. The molecule has 0 bridgehead atoms. The molecule has 98 valence electrons. The van der Waals surface area contributed by atoms with Gasteiger partial charge in [-0.3, -0.25) is 10.1 Å². The Hall–Kier alpha value is -2.24. The van der Waals surface area contributed by atoms with E-state index < -0.39 is 18.0 Å². The zero-order valence-corrected chi connectivity index (χ0v) is 9.37. The minimum absolute atomic E-state index is 0.0800. The molecule has 6 heteroatoms. The van der Waals surface area contributed by atoms with Crippen molar-refractivity contribution in [1.29, 1.82) is 0 Å². The van der Waals surface area contributed by atoms with Gasteiger partial charge in [0.2, 0.25) is 0 Å². The summed E-state index contributed by atoms with van der Waals surface area (Å²) >= 11 is 0. The van der Waals surface area contributed by atoms with Crippen LogP contribution in [-0.4, -0.2) is 17.2 Å². The third-order valence-corrected chi connectivity index (χ3v) is 1.56. The highest BCUT2D eigenvalue weighted by Gasteiger charge is 2.21. The van der Waals surface area contributed by atoms with Gasteiger partial charge in [0.15, 0.2) is 5.88 Å². The summed E-state index contributed by atoms with van der Waals surface area (Å²) in [7, 11) is 0. The monoisotopic (exact) mass is 259 g/mol. The molecule has 0 aromatic carbocycles. The van der Waals surface area contributed by atoms with Gasteiger partial charge >= 0.3 is 6.18 Å². The van der Waals surface area contributed by atoms with Crippen molar-refractivity contribution in [2.75, 3.05) is 0 Å². The molecule has 0 aromatic heterocycles. The Labute approximate surface area is 102 Å². The van der Waals surface area contributed by atoms with Crippen molar-refractivity contribution in [3.63, 3.8) is 0 Å². The van der Waals surface area contributed by atoms with Gasteiger partial charge in [0.1, 0.15) is 0 Å². The van der Waals surface area contributed by atoms with E-state index in [4.69, 9.17) is 5.11 Å². The molecule has 0 spiro atoms. The summed E-state index contributed by atoms with van der Waals surface area (Å²) in [6.07, 6.45) is 0.609. The van der Waals surface area contributed by atoms with Crippen LogP contribution in [0.1, 0.15) is 0 Å². The summed E-state index contributed by atoms with van der Waals surface area (Å²) in [5.74, 6) is -1.42. The third-order valence-electron chi connectivity index (χ3n) is 1.56. The van der Waals surface area contributed by atoms with Crippen molar-refractivity contribution in [2.24, 2.45) is 0 Å². The summed E-state index contributed by atoms with van der Waals surface area (Å²) in [6, 6.07) is 0. The van der Waals surface area contributed by atoms with E-state index in [1.165, 1.54) is 18.2 Å². The zero-order chi connectivity index (χ0) is 14.2. The molecule has 3 nitrogen and oxygen atoms in total. The van der Waals surface area contributed by atoms with Crippen LogP contribution >= 0.6 is 0 Å². The van der Waals surface area contributed by atoms with Gasteiger partial charge in [0.25, 0.3) is 5.91 Å². The topological polar surface area (TPSA) is 49.3 Å². The first-order valence-corrected chi connectivity index (χ1v) is 4.72. The zero-order valence-electron chi connectivity index (χ0n) is 9.37. The molecule has 0 heterocycles. The minimum atomic E-state index is -4.48. The van der Waals surface area contributed by atoms with Crippen LogP contribution in [0.5, 0.6) is 0 Å². The van der Waals surface area contributed by atoms with Crippen LogP contribution in [0.3, 0.4) is 0 Å². The van der Waals surface area contributed by atoms with Crippen molar-refractivity contribution in [3.05, 3.63) is 61.1 Å². The maximum Gasteiger partial charge on any atom is 0.409 e. The highest BCUT2D eigenvalue weighted by Crippen LogP contribution is 2.15. The minimum Gasteiger partial charge on any atom is -0.495 e. The number of carbonyl (C=O) groups excluding carboxylic acids is 1. The fraction of sp³-hybridized carbons (Fsp3) is 0.0833. The van der Waals surface area contributed by atoms with Gasteiger partial charge in [-0.25, -0.2) is 0 Å². The van der Waals surface area contributed by atoms with Crippen LogP contribution in [0, 0.1) is 0 Å². The van der Waals surface area contributed by atoms with Crippen molar-refractivity contribution in [1.82, 2.24) is 5.32 Å². The molecule has 0 aliphatic rings. The van der Waals surface area contributed by atoms with Crippen molar-refractivity contribution < 1.29 is 23.1 Å². The van der Waals surface area contributed by atoms with E-state index in [1.807, 2.05) is 5.32 Å². The molecule has 0 saturated carbocycles. The Balaban J connectivity index is 4.62. The van der Waals surface area contributed by atoms with Gasteiger partial charge in [-0.15, -0.1) is 0 Å². The van der Waals surface area contributed by atoms with Gasteiger partial charge in [-0.1, -0.05) is 37.5 Å². The van der Waals surface area contributed by atoms with E-state index in [9.17, 15) is 18.0 Å². The number of nitrogens with one attached hydrogen (secondary N) is 1. The standard InChI is InChI=1S/C12H12F3NO2/c1-3-6-9(4-2)11(18)16-10(17)7-5-8-12(13,14)15/h3-8,17H,1-2H2,(H,16,18)/b8-5?,9-6+,10-7-. The second-order valence-corrected chi connectivity index (χ2v) is 2.97. The Morgan fingerprint density at radius 3 is 2.28 bits per heavy atom. The molecule has 0 aromatic rings. The van der Waals surface area contributed by atoms with Crippen LogP contribution in [0.4, 0.5) is 13.2 Å². The number of halogens is 3. The van der Waals surface area contributed by atoms with Crippen LogP contribution in [0.15, 0.2) is 61.1 Å². The molecule has 18 heavy (non-hydrogen) atoms. The fourth-order valence-electron chi connectivity index (χ4n) is 0.842. The molecular weight excluding hydrogens is 247 g/mol. The van der Waals surface area contributed by atoms with E-state index in [-0.39, 0.29) is 11.6 Å². The molecule has 0 aliphatic heterocycles. The van der Waals surface area contributed by atoms with Gasteiger partial charge in [-0.2, -0.15) is 13.2 Å². The third kappa shape index (κ3) is 7.10. The summed E-state index contributed by atoms with van der Waals surface area (Å²) in [5, 5.41) is 11.1. The van der Waals surface area contributed by atoms with E-state index in [2.05, 4.69) is 13.2 Å². The lowest BCUT2D eigenvalue weighted by atomic mass is 10.2. The Kier molecular flexibility index (Phi) is 6.27. The van der Waals surface area contributed by atoms with Crippen molar-refractivity contribution in [3.8, 4) is 0 Å². The molecule has 0 saturated heterocycles. The molecular formula is C12H12F3NO2. The number of aliphatic hydroxyl groups is 1. The van der Waals surface area contributed by atoms with Crippen LogP contribution < -0.4 is 5.32 Å². The highest BCUT2D eigenvalue weighted by molar-refractivity contribution is 5.97. The van der Waals surface area contributed by atoms with Gasteiger partial charge < -0.3 is 5.11 Å². The van der Waals surface area contributed by atoms with Gasteiger partial charge in [0, 0.05) is 11.6 Å². The summed E-state index contributed by atoms with van der Waals surface area (Å²) in [4.78, 5) is 11.4. The molecule has 0 rings (SSSR count). The Morgan fingerprint density at radius 1 is 1.22 bits per heavy atom. The number of carbonyl (C=O) groups is 1. The number of allylic oxidation sites excluding steroid dienone is 5. The molecule has 1 amide bonds. The summed E-state index contributed by atoms with van der Waals surface area (Å²) in [5.41, 5.74) is 0.116. The molecule has 0 atom stereocenters. The second-order valence-electron chi connectivity index (χ2n) is 2.97. The Bertz CT molecular complexity index is 418. The highest BCUT2D eigenvalue weighted by atomic mass is 19.4. The SMILES string of the molecule is C=C/C=C(\C=C)C(=O)N/C(O)=C/C=CC(F)(F)F. The predicted molar refractivity (Wildman–Crippen MR) is 62.5 cm³/mol. The van der Waals surface area contributed by atoms with E-state index >= 15 is 0 Å². The molecule has 0 unspecified atom stereocenters. The fourth-order valence-corrected chi connectivity index (χ4v) is 0.842. The van der Waals surface area contributed by atoms with E-state index in [0.29, 0.717) is 12.2 Å². The van der Waals surface area contributed by atoms with Crippen molar-refractivity contribution in [2.45, 2.75) is 6.18 Å². The molecule has 0 fully saturated rings. The van der Waals surface area contributed by atoms with E-state index in [0.717, 1.165) is 0 Å². The summed E-state index contributed by atoms with van der Waals surface area (Å²) < 4.78 is 35.2. The first kappa shape index (κ1) is 15.8. The van der Waals surface area contributed by atoms with Gasteiger partial charge in [-0.05, 0) is 6.08 Å². The quantitative estimate of drug-likeness (QED) is 0.453. The van der Waals surface area contributed by atoms with Gasteiger partial charge in [0.05, 0.1) is 0 Å². The number of hydrogen-bond donors (Lipinski definition) is 2. The van der Waals surface area contributed by atoms with Crippen LogP contribution in [-0.2, 0) is 4.79 Å². The lowest BCUT2D eigenvalue weighted by molar-refractivity contribution is -0.117. The number of aliphatic hydroxyl groups excluding tert-OH is 1. The number of amides is 1. The lowest BCUT2D eigenvalue weighted by Crippen LogP contribution is -2.23. The number of hydrogen-bond acceptors (Lipinski definition) is 2.